The molecule has 1 aromatic rings. The molecule has 8 heteroatoms. The molecule has 2 N–H and O–H groups in total. The molecule has 1 heterocycles. The van der Waals surface area contributed by atoms with Crippen LogP contribution in [-0.2, 0) is 14.3 Å². The van der Waals surface area contributed by atoms with Crippen molar-refractivity contribution in [3.05, 3.63) is 22.6 Å². The first kappa shape index (κ1) is 18.5. The summed E-state index contributed by atoms with van der Waals surface area (Å²) in [5.41, 5.74) is 0. The molecule has 2 atom stereocenters. The van der Waals surface area contributed by atoms with Crippen LogP contribution in [0.5, 0.6) is 0 Å². The average Bonchev–Trinajstić information content (AvgIpc) is 2.99. The predicted octanol–water partition coefficient (Wildman–Crippen LogP) is 2.01. The van der Waals surface area contributed by atoms with E-state index in [1.165, 1.54) is 12.5 Å². The number of esters is 1. The Morgan fingerprint density at radius 3 is 2.71 bits per heavy atom. The molecule has 2 rings (SSSR count). The lowest BCUT2D eigenvalue weighted by molar-refractivity contribution is -0.147. The van der Waals surface area contributed by atoms with Gasteiger partial charge in [0.25, 0.3) is 11.8 Å². The molecule has 1 saturated carbocycles. The number of halogens is 1. The zero-order valence-corrected chi connectivity index (χ0v) is 15.1. The van der Waals surface area contributed by atoms with Crippen molar-refractivity contribution < 1.29 is 23.5 Å². The maximum absolute atomic E-state index is 11.8. The minimum Gasteiger partial charge on any atom is -0.454 e. The van der Waals surface area contributed by atoms with Gasteiger partial charge in [0.1, 0.15) is 6.54 Å². The number of nitrogens with one attached hydrogen (secondary N) is 2. The van der Waals surface area contributed by atoms with E-state index in [0.29, 0.717) is 10.6 Å². The molecule has 0 saturated heterocycles. The fourth-order valence-corrected chi connectivity index (χ4v) is 2.96. The van der Waals surface area contributed by atoms with Crippen molar-refractivity contribution in [2.45, 2.75) is 38.6 Å². The Bertz CT molecular complexity index is 601. The molecule has 0 aliphatic heterocycles. The van der Waals surface area contributed by atoms with Gasteiger partial charge in [0.2, 0.25) is 0 Å². The highest BCUT2D eigenvalue weighted by Crippen LogP contribution is 2.23. The first-order chi connectivity index (χ1) is 11.5. The van der Waals surface area contributed by atoms with E-state index in [-0.39, 0.29) is 30.9 Å². The van der Waals surface area contributed by atoms with Crippen LogP contribution in [0.3, 0.4) is 0 Å². The molecule has 132 valence electrons. The number of carbonyl (C=O) groups is 3. The zero-order chi connectivity index (χ0) is 17.5. The molecule has 0 unspecified atom stereocenters. The highest BCUT2D eigenvalue weighted by atomic mass is 79.9. The van der Waals surface area contributed by atoms with E-state index in [9.17, 15) is 14.4 Å². The minimum atomic E-state index is -0.680. The van der Waals surface area contributed by atoms with Gasteiger partial charge in [0.05, 0.1) is 0 Å². The minimum absolute atomic E-state index is 0.0821. The number of hydrogen-bond donors (Lipinski definition) is 2. The van der Waals surface area contributed by atoms with Crippen LogP contribution in [0.1, 0.15) is 43.2 Å². The maximum Gasteiger partial charge on any atom is 0.325 e. The topological polar surface area (TPSA) is 97.6 Å². The van der Waals surface area contributed by atoms with Crippen LogP contribution in [0.2, 0.25) is 0 Å². The van der Waals surface area contributed by atoms with Crippen molar-refractivity contribution in [2.24, 2.45) is 5.92 Å². The summed E-state index contributed by atoms with van der Waals surface area (Å²) in [5.74, 6) is -1.01. The number of rotatable bonds is 6. The predicted molar refractivity (Wildman–Crippen MR) is 89.3 cm³/mol. The number of amides is 2. The van der Waals surface area contributed by atoms with Gasteiger partial charge in [0, 0.05) is 6.04 Å². The van der Waals surface area contributed by atoms with Gasteiger partial charge < -0.3 is 19.8 Å². The van der Waals surface area contributed by atoms with E-state index >= 15 is 0 Å². The summed E-state index contributed by atoms with van der Waals surface area (Å²) in [6.07, 6.45) is 4.34. The van der Waals surface area contributed by atoms with Crippen molar-refractivity contribution in [1.29, 1.82) is 0 Å². The molecule has 2 amide bonds. The van der Waals surface area contributed by atoms with Gasteiger partial charge in [-0.25, -0.2) is 0 Å². The summed E-state index contributed by atoms with van der Waals surface area (Å²) >= 11 is 3.08. The van der Waals surface area contributed by atoms with Crippen LogP contribution in [0.4, 0.5) is 0 Å². The Balaban J connectivity index is 1.65. The third-order valence-corrected chi connectivity index (χ3v) is 4.44. The van der Waals surface area contributed by atoms with Gasteiger partial charge >= 0.3 is 5.97 Å². The van der Waals surface area contributed by atoms with Gasteiger partial charge in [-0.2, -0.15) is 0 Å². The summed E-state index contributed by atoms with van der Waals surface area (Å²) in [6, 6.07) is 3.19. The Morgan fingerprint density at radius 2 is 2.04 bits per heavy atom. The van der Waals surface area contributed by atoms with Crippen LogP contribution >= 0.6 is 15.9 Å². The zero-order valence-electron chi connectivity index (χ0n) is 13.5. The smallest absolute Gasteiger partial charge is 0.325 e. The summed E-state index contributed by atoms with van der Waals surface area (Å²) in [5, 5.41) is 5.26. The highest BCUT2D eigenvalue weighted by Gasteiger charge is 2.23. The van der Waals surface area contributed by atoms with Gasteiger partial charge in [-0.3, -0.25) is 14.4 Å². The van der Waals surface area contributed by atoms with Crippen molar-refractivity contribution >= 4 is 33.7 Å². The van der Waals surface area contributed by atoms with Crippen LogP contribution in [0, 0.1) is 5.92 Å². The SMILES string of the molecule is C[C@@H]1CCCC[C@H]1NC(=O)COC(=O)CNC(=O)c1ccc(Br)o1. The molecule has 7 nitrogen and oxygen atoms in total. The normalized spacial score (nSPS) is 20.2. The first-order valence-electron chi connectivity index (χ1n) is 7.94. The van der Waals surface area contributed by atoms with E-state index in [2.05, 4.69) is 33.5 Å². The lowest BCUT2D eigenvalue weighted by Crippen LogP contribution is -2.43. The summed E-state index contributed by atoms with van der Waals surface area (Å²) in [7, 11) is 0. The molecule has 24 heavy (non-hydrogen) atoms. The van der Waals surface area contributed by atoms with E-state index in [1.807, 2.05) is 0 Å². The van der Waals surface area contributed by atoms with Gasteiger partial charge in [-0.05, 0) is 46.8 Å². The number of ether oxygens (including phenoxy) is 1. The molecule has 1 fully saturated rings. The summed E-state index contributed by atoms with van der Waals surface area (Å²) in [4.78, 5) is 35.1. The Labute approximate surface area is 148 Å². The molecule has 1 aromatic heterocycles. The van der Waals surface area contributed by atoms with Crippen molar-refractivity contribution in [3.8, 4) is 0 Å². The Morgan fingerprint density at radius 1 is 1.29 bits per heavy atom. The number of furan rings is 1. The first-order valence-corrected chi connectivity index (χ1v) is 8.73. The van der Waals surface area contributed by atoms with E-state index in [1.54, 1.807) is 6.07 Å². The van der Waals surface area contributed by atoms with Crippen LogP contribution in [-0.4, -0.2) is 37.0 Å². The van der Waals surface area contributed by atoms with Crippen molar-refractivity contribution in [1.82, 2.24) is 10.6 Å². The molecule has 0 aromatic carbocycles. The van der Waals surface area contributed by atoms with E-state index in [0.717, 1.165) is 19.3 Å². The molecule has 0 spiro atoms. The maximum atomic E-state index is 11.8. The number of carbonyl (C=O) groups excluding carboxylic acids is 3. The van der Waals surface area contributed by atoms with Gasteiger partial charge in [-0.1, -0.05) is 19.8 Å². The fraction of sp³-hybridized carbons (Fsp3) is 0.562. The second-order valence-electron chi connectivity index (χ2n) is 5.88. The third-order valence-electron chi connectivity index (χ3n) is 4.01. The summed E-state index contributed by atoms with van der Waals surface area (Å²) < 4.78 is 10.3. The van der Waals surface area contributed by atoms with Crippen molar-refractivity contribution in [3.63, 3.8) is 0 Å². The third kappa shape index (κ3) is 5.67. The molecular weight excluding hydrogens is 380 g/mol. The lowest BCUT2D eigenvalue weighted by atomic mass is 9.86. The Kier molecular flexibility index (Phi) is 6.84. The molecule has 0 bridgehead atoms. The average molecular weight is 401 g/mol. The van der Waals surface area contributed by atoms with Crippen LogP contribution in [0.25, 0.3) is 0 Å². The van der Waals surface area contributed by atoms with Crippen LogP contribution in [0.15, 0.2) is 21.2 Å². The quantitative estimate of drug-likeness (QED) is 0.711. The molecule has 1 aliphatic rings. The van der Waals surface area contributed by atoms with Crippen molar-refractivity contribution in [2.75, 3.05) is 13.2 Å². The lowest BCUT2D eigenvalue weighted by Gasteiger charge is -2.29. The van der Waals surface area contributed by atoms with E-state index in [4.69, 9.17) is 9.15 Å². The molecule has 1 aliphatic carbocycles. The number of hydrogen-bond acceptors (Lipinski definition) is 5. The second kappa shape index (κ2) is 8.86. The monoisotopic (exact) mass is 400 g/mol. The molecular formula is C16H21BrN2O5. The second-order valence-corrected chi connectivity index (χ2v) is 6.66. The fourth-order valence-electron chi connectivity index (χ4n) is 2.65. The Hall–Kier alpha value is -1.83. The van der Waals surface area contributed by atoms with Crippen LogP contribution < -0.4 is 10.6 Å². The largest absolute Gasteiger partial charge is 0.454 e. The van der Waals surface area contributed by atoms with Gasteiger partial charge in [0.15, 0.2) is 17.0 Å². The molecule has 0 radical (unpaired) electrons. The highest BCUT2D eigenvalue weighted by molar-refractivity contribution is 9.10. The van der Waals surface area contributed by atoms with Gasteiger partial charge in [-0.15, -0.1) is 0 Å². The summed E-state index contributed by atoms with van der Waals surface area (Å²) in [6.45, 7) is 1.44. The standard InChI is InChI=1S/C16H21BrN2O5/c1-10-4-2-3-5-11(10)19-14(20)9-23-15(21)8-18-16(22)12-6-7-13(17)24-12/h6-7,10-11H,2-5,8-9H2,1H3,(H,18,22)(H,19,20)/t10-,11-/m1/s1. The van der Waals surface area contributed by atoms with E-state index < -0.39 is 11.9 Å².